The number of amides is 3. The van der Waals surface area contributed by atoms with Crippen LogP contribution in [0.2, 0.25) is 0 Å². The summed E-state index contributed by atoms with van der Waals surface area (Å²) in [6.45, 7) is 0.389. The fourth-order valence-corrected chi connectivity index (χ4v) is 4.84. The summed E-state index contributed by atoms with van der Waals surface area (Å²) in [6.07, 6.45) is 0.312. The molecule has 2 aliphatic heterocycles. The second kappa shape index (κ2) is 7.98. The van der Waals surface area contributed by atoms with E-state index in [-0.39, 0.29) is 30.1 Å². The van der Waals surface area contributed by atoms with Gasteiger partial charge in [0.2, 0.25) is 0 Å². The zero-order valence-electron chi connectivity index (χ0n) is 16.9. The van der Waals surface area contributed by atoms with E-state index in [2.05, 4.69) is 15.9 Å². The fraction of sp³-hybridized carbons (Fsp3) is 0.160. The van der Waals surface area contributed by atoms with Crippen LogP contribution in [-0.4, -0.2) is 40.1 Å². The molecular weight excluding hydrogens is 475 g/mol. The molecule has 1 atom stereocenters. The van der Waals surface area contributed by atoms with E-state index < -0.39 is 6.04 Å². The molecule has 3 aromatic rings. The predicted molar refractivity (Wildman–Crippen MR) is 120 cm³/mol. The lowest BCUT2D eigenvalue weighted by atomic mass is 10.0. The van der Waals surface area contributed by atoms with Gasteiger partial charge in [0.05, 0.1) is 23.7 Å². The van der Waals surface area contributed by atoms with Crippen molar-refractivity contribution in [1.82, 2.24) is 9.80 Å². The molecule has 0 aromatic heterocycles. The monoisotopic (exact) mass is 492 g/mol. The third kappa shape index (κ3) is 3.52. The van der Waals surface area contributed by atoms with Crippen molar-refractivity contribution in [1.29, 1.82) is 0 Å². The fourth-order valence-electron chi connectivity index (χ4n) is 4.43. The van der Waals surface area contributed by atoms with Crippen LogP contribution in [-0.2, 0) is 13.0 Å². The van der Waals surface area contributed by atoms with Crippen molar-refractivity contribution >= 4 is 33.7 Å². The summed E-state index contributed by atoms with van der Waals surface area (Å²) in [5.74, 6) is -1.28. The summed E-state index contributed by atoms with van der Waals surface area (Å²) in [5.41, 5.74) is 2.89. The van der Waals surface area contributed by atoms with Crippen LogP contribution in [0.25, 0.3) is 0 Å². The Kier molecular flexibility index (Phi) is 5.13. The van der Waals surface area contributed by atoms with Gasteiger partial charge in [-0.2, -0.15) is 0 Å². The number of benzene rings is 3. The van der Waals surface area contributed by atoms with Gasteiger partial charge in [-0.25, -0.2) is 4.39 Å². The molecule has 7 heteroatoms. The van der Waals surface area contributed by atoms with Gasteiger partial charge < -0.3 is 4.90 Å². The molecule has 0 unspecified atom stereocenters. The number of halogens is 2. The van der Waals surface area contributed by atoms with Gasteiger partial charge in [-0.1, -0.05) is 40.2 Å². The van der Waals surface area contributed by atoms with Crippen molar-refractivity contribution in [2.45, 2.75) is 19.0 Å². The van der Waals surface area contributed by atoms with E-state index in [0.29, 0.717) is 35.2 Å². The molecule has 0 N–H and O–H groups in total. The summed E-state index contributed by atoms with van der Waals surface area (Å²) in [6, 6.07) is 17.8. The molecule has 32 heavy (non-hydrogen) atoms. The van der Waals surface area contributed by atoms with Gasteiger partial charge in [0, 0.05) is 16.6 Å². The topological polar surface area (TPSA) is 57.7 Å². The molecule has 5 nitrogen and oxygen atoms in total. The van der Waals surface area contributed by atoms with Crippen molar-refractivity contribution in [3.63, 3.8) is 0 Å². The highest BCUT2D eigenvalue weighted by Crippen LogP contribution is 2.30. The van der Waals surface area contributed by atoms with Crippen LogP contribution < -0.4 is 0 Å². The van der Waals surface area contributed by atoms with E-state index in [1.807, 2.05) is 12.1 Å². The molecule has 0 fully saturated rings. The Morgan fingerprint density at radius 3 is 2.25 bits per heavy atom. The molecule has 2 heterocycles. The Labute approximate surface area is 192 Å². The highest BCUT2D eigenvalue weighted by molar-refractivity contribution is 9.10. The quantitative estimate of drug-likeness (QED) is 0.494. The van der Waals surface area contributed by atoms with Crippen molar-refractivity contribution in [2.24, 2.45) is 0 Å². The SMILES string of the molecule is O=C1c2ccccc2C(=O)N1C[C@@H](Cc1cccc(F)c1)N1Cc2cc(Br)ccc2C1=O. The van der Waals surface area contributed by atoms with E-state index in [4.69, 9.17) is 0 Å². The van der Waals surface area contributed by atoms with Crippen LogP contribution in [0.5, 0.6) is 0 Å². The first kappa shape index (κ1) is 20.6. The van der Waals surface area contributed by atoms with Crippen LogP contribution in [0.1, 0.15) is 42.2 Å². The van der Waals surface area contributed by atoms with Crippen LogP contribution in [0.15, 0.2) is 71.2 Å². The lowest BCUT2D eigenvalue weighted by molar-refractivity contribution is 0.0528. The average Bonchev–Trinajstić information content (AvgIpc) is 3.22. The third-order valence-corrected chi connectivity index (χ3v) is 6.47. The minimum Gasteiger partial charge on any atom is -0.329 e. The Balaban J connectivity index is 1.48. The molecule has 2 aliphatic rings. The second-order valence-electron chi connectivity index (χ2n) is 7.99. The van der Waals surface area contributed by atoms with Crippen LogP contribution >= 0.6 is 15.9 Å². The maximum absolute atomic E-state index is 13.8. The lowest BCUT2D eigenvalue weighted by Gasteiger charge is -2.31. The first-order valence-electron chi connectivity index (χ1n) is 10.2. The minimum atomic E-state index is -0.502. The summed E-state index contributed by atoms with van der Waals surface area (Å²) < 4.78 is 14.7. The number of carbonyl (C=O) groups excluding carboxylic acids is 3. The largest absolute Gasteiger partial charge is 0.329 e. The molecule has 0 saturated carbocycles. The van der Waals surface area contributed by atoms with Crippen LogP contribution in [0.4, 0.5) is 4.39 Å². The number of hydrogen-bond donors (Lipinski definition) is 0. The minimum absolute atomic E-state index is 0.0315. The van der Waals surface area contributed by atoms with Crippen LogP contribution in [0.3, 0.4) is 0 Å². The summed E-state index contributed by atoms with van der Waals surface area (Å²) in [7, 11) is 0. The molecule has 160 valence electrons. The molecule has 0 radical (unpaired) electrons. The molecule has 0 saturated heterocycles. The summed E-state index contributed by atoms with van der Waals surface area (Å²) in [5, 5.41) is 0. The first-order chi connectivity index (χ1) is 15.4. The van der Waals surface area contributed by atoms with Crippen LogP contribution in [0, 0.1) is 5.82 Å². The van der Waals surface area contributed by atoms with Crippen molar-refractivity contribution < 1.29 is 18.8 Å². The van der Waals surface area contributed by atoms with Gasteiger partial charge in [0.1, 0.15) is 5.82 Å². The smallest absolute Gasteiger partial charge is 0.261 e. The Hall–Kier alpha value is -3.32. The number of rotatable bonds is 5. The van der Waals surface area contributed by atoms with E-state index >= 15 is 0 Å². The molecule has 0 spiro atoms. The van der Waals surface area contributed by atoms with E-state index in [1.165, 1.54) is 17.0 Å². The number of imide groups is 1. The Morgan fingerprint density at radius 1 is 0.844 bits per heavy atom. The number of fused-ring (bicyclic) bond motifs is 2. The maximum Gasteiger partial charge on any atom is 0.261 e. The van der Waals surface area contributed by atoms with Gasteiger partial charge in [0.15, 0.2) is 0 Å². The third-order valence-electron chi connectivity index (χ3n) is 5.97. The van der Waals surface area contributed by atoms with Gasteiger partial charge in [-0.3, -0.25) is 19.3 Å². The highest BCUT2D eigenvalue weighted by atomic mass is 79.9. The van der Waals surface area contributed by atoms with Crippen molar-refractivity contribution in [3.05, 3.63) is 105 Å². The highest BCUT2D eigenvalue weighted by Gasteiger charge is 2.40. The zero-order chi connectivity index (χ0) is 22.4. The molecule has 3 amide bonds. The van der Waals surface area contributed by atoms with E-state index in [0.717, 1.165) is 10.0 Å². The number of hydrogen-bond acceptors (Lipinski definition) is 3. The Morgan fingerprint density at radius 2 is 1.56 bits per heavy atom. The van der Waals surface area contributed by atoms with Gasteiger partial charge in [-0.15, -0.1) is 0 Å². The van der Waals surface area contributed by atoms with Crippen molar-refractivity contribution in [2.75, 3.05) is 6.54 Å². The molecule has 3 aromatic carbocycles. The second-order valence-corrected chi connectivity index (χ2v) is 8.90. The van der Waals surface area contributed by atoms with E-state index in [1.54, 1.807) is 47.4 Å². The van der Waals surface area contributed by atoms with Crippen molar-refractivity contribution in [3.8, 4) is 0 Å². The maximum atomic E-state index is 13.8. The lowest BCUT2D eigenvalue weighted by Crippen LogP contribution is -2.47. The zero-order valence-corrected chi connectivity index (χ0v) is 18.5. The number of nitrogens with zero attached hydrogens (tertiary/aromatic N) is 2. The summed E-state index contributed by atoms with van der Waals surface area (Å²) >= 11 is 3.44. The molecule has 0 bridgehead atoms. The normalized spacial score (nSPS) is 15.9. The predicted octanol–water partition coefficient (Wildman–Crippen LogP) is 4.45. The van der Waals surface area contributed by atoms with Gasteiger partial charge in [-0.05, 0) is 60.0 Å². The number of carbonyl (C=O) groups is 3. The van der Waals surface area contributed by atoms with Gasteiger partial charge in [0.25, 0.3) is 17.7 Å². The average molecular weight is 493 g/mol. The van der Waals surface area contributed by atoms with Gasteiger partial charge >= 0.3 is 0 Å². The summed E-state index contributed by atoms with van der Waals surface area (Å²) in [4.78, 5) is 42.0. The molecule has 0 aliphatic carbocycles. The van der Waals surface area contributed by atoms with E-state index in [9.17, 15) is 18.8 Å². The molecule has 5 rings (SSSR count). The Bertz CT molecular complexity index is 1240. The standard InChI is InChI=1S/C25H18BrFN2O3/c26-17-8-9-20-16(12-17)13-28(23(20)30)19(11-15-4-3-5-18(27)10-15)14-29-24(31)21-6-1-2-7-22(21)25(29)32/h1-10,12,19H,11,13-14H2/t19-/m1/s1. The first-order valence-corrected chi connectivity index (χ1v) is 11.0. The molecular formula is C25H18BrFN2O3.